The third-order valence-corrected chi connectivity index (χ3v) is 3.18. The van der Waals surface area contributed by atoms with Gasteiger partial charge in [-0.25, -0.2) is 0 Å². The quantitative estimate of drug-likeness (QED) is 0.890. The number of hydrogen-bond donors (Lipinski definition) is 2. The Hall–Kier alpha value is -2.82. The van der Waals surface area contributed by atoms with Crippen LogP contribution in [0.5, 0.6) is 5.75 Å². The lowest BCUT2D eigenvalue weighted by atomic mass is 10.2. The van der Waals surface area contributed by atoms with E-state index in [0.29, 0.717) is 11.3 Å². The topological polar surface area (TPSA) is 67.4 Å². The molecule has 0 fully saturated rings. The molecule has 0 heterocycles. The van der Waals surface area contributed by atoms with Gasteiger partial charge >= 0.3 is 0 Å². The molecule has 0 spiro atoms. The Balaban J connectivity index is 1.94. The summed E-state index contributed by atoms with van der Waals surface area (Å²) in [4.78, 5) is 24.0. The summed E-state index contributed by atoms with van der Waals surface area (Å²) in [5.74, 6) is -0.158. The largest absolute Gasteiger partial charge is 0.496 e. The van der Waals surface area contributed by atoms with Crippen molar-refractivity contribution in [1.82, 2.24) is 5.32 Å². The van der Waals surface area contributed by atoms with Crippen molar-refractivity contribution in [3.63, 3.8) is 0 Å². The molecule has 2 rings (SSSR count). The van der Waals surface area contributed by atoms with Crippen LogP contribution in [0.4, 0.5) is 5.69 Å². The molecule has 114 valence electrons. The first-order valence-corrected chi connectivity index (χ1v) is 6.88. The Bertz CT molecular complexity index is 683. The molecule has 0 saturated carbocycles. The highest BCUT2D eigenvalue weighted by atomic mass is 16.5. The Morgan fingerprint density at radius 1 is 1.05 bits per heavy atom. The normalized spacial score (nSPS) is 9.91. The molecule has 2 N–H and O–H groups in total. The fourth-order valence-electron chi connectivity index (χ4n) is 2.00. The molecule has 0 radical (unpaired) electrons. The minimum atomic E-state index is -0.350. The van der Waals surface area contributed by atoms with Crippen LogP contribution < -0.4 is 15.4 Å². The third kappa shape index (κ3) is 3.85. The van der Waals surface area contributed by atoms with Crippen molar-refractivity contribution < 1.29 is 14.3 Å². The van der Waals surface area contributed by atoms with Crippen LogP contribution in [-0.4, -0.2) is 25.5 Å². The predicted molar refractivity (Wildman–Crippen MR) is 85.1 cm³/mol. The monoisotopic (exact) mass is 298 g/mol. The van der Waals surface area contributed by atoms with E-state index in [2.05, 4.69) is 10.6 Å². The number of para-hydroxylation sites is 2. The van der Waals surface area contributed by atoms with E-state index in [9.17, 15) is 9.59 Å². The molecule has 0 saturated heterocycles. The predicted octanol–water partition coefficient (Wildman–Crippen LogP) is 2.37. The summed E-state index contributed by atoms with van der Waals surface area (Å²) in [7, 11) is 1.50. The van der Waals surface area contributed by atoms with E-state index < -0.39 is 0 Å². The zero-order valence-corrected chi connectivity index (χ0v) is 12.6. The Kier molecular flexibility index (Phi) is 5.14. The average Bonchev–Trinajstić information content (AvgIpc) is 2.54. The molecule has 2 aromatic rings. The number of hydrogen-bond acceptors (Lipinski definition) is 3. The van der Waals surface area contributed by atoms with Crippen molar-refractivity contribution in [3.8, 4) is 5.75 Å². The first-order valence-electron chi connectivity index (χ1n) is 6.88. The summed E-state index contributed by atoms with van der Waals surface area (Å²) in [6, 6.07) is 14.3. The number of benzene rings is 2. The molecule has 0 aliphatic rings. The SMILES string of the molecule is COc1ccccc1C(=O)NCC(=O)Nc1ccccc1C. The molecule has 0 aromatic heterocycles. The van der Waals surface area contributed by atoms with Crippen molar-refractivity contribution in [2.24, 2.45) is 0 Å². The van der Waals surface area contributed by atoms with Gasteiger partial charge in [-0.3, -0.25) is 9.59 Å². The maximum Gasteiger partial charge on any atom is 0.255 e. The molecule has 0 unspecified atom stereocenters. The lowest BCUT2D eigenvalue weighted by Crippen LogP contribution is -2.33. The molecule has 0 atom stereocenters. The molecule has 5 heteroatoms. The number of methoxy groups -OCH3 is 1. The van der Waals surface area contributed by atoms with Crippen LogP contribution in [-0.2, 0) is 4.79 Å². The van der Waals surface area contributed by atoms with Crippen molar-refractivity contribution in [2.75, 3.05) is 19.0 Å². The van der Waals surface area contributed by atoms with E-state index in [-0.39, 0.29) is 18.4 Å². The summed E-state index contributed by atoms with van der Waals surface area (Å²) in [6.07, 6.45) is 0. The number of nitrogens with one attached hydrogen (secondary N) is 2. The molecular formula is C17H18N2O3. The molecule has 2 amide bonds. The van der Waals surface area contributed by atoms with Gasteiger partial charge in [-0.2, -0.15) is 0 Å². The van der Waals surface area contributed by atoms with Crippen molar-refractivity contribution >= 4 is 17.5 Å². The van der Waals surface area contributed by atoms with Gasteiger partial charge in [0.2, 0.25) is 5.91 Å². The van der Waals surface area contributed by atoms with Gasteiger partial charge in [-0.1, -0.05) is 30.3 Å². The van der Waals surface area contributed by atoms with Crippen molar-refractivity contribution in [2.45, 2.75) is 6.92 Å². The van der Waals surface area contributed by atoms with Gasteiger partial charge in [0.1, 0.15) is 5.75 Å². The highest BCUT2D eigenvalue weighted by Crippen LogP contribution is 2.17. The van der Waals surface area contributed by atoms with Crippen LogP contribution in [0.3, 0.4) is 0 Å². The molecule has 2 aromatic carbocycles. The Morgan fingerprint density at radius 3 is 2.45 bits per heavy atom. The van der Waals surface area contributed by atoms with Crippen LogP contribution in [0, 0.1) is 6.92 Å². The van der Waals surface area contributed by atoms with E-state index >= 15 is 0 Å². The Morgan fingerprint density at radius 2 is 1.73 bits per heavy atom. The van der Waals surface area contributed by atoms with Crippen LogP contribution >= 0.6 is 0 Å². The highest BCUT2D eigenvalue weighted by Gasteiger charge is 2.12. The van der Waals surface area contributed by atoms with Crippen LogP contribution in [0.25, 0.3) is 0 Å². The van der Waals surface area contributed by atoms with Gasteiger partial charge in [-0.15, -0.1) is 0 Å². The zero-order chi connectivity index (χ0) is 15.9. The molecule has 0 aliphatic heterocycles. The van der Waals surface area contributed by atoms with Crippen molar-refractivity contribution in [1.29, 1.82) is 0 Å². The number of carbonyl (C=O) groups is 2. The van der Waals surface area contributed by atoms with Gasteiger partial charge in [0.25, 0.3) is 5.91 Å². The molecule has 5 nitrogen and oxygen atoms in total. The second-order valence-corrected chi connectivity index (χ2v) is 4.75. The fraction of sp³-hybridized carbons (Fsp3) is 0.176. The summed E-state index contributed by atoms with van der Waals surface area (Å²) in [5.41, 5.74) is 2.10. The van der Waals surface area contributed by atoms with Crippen LogP contribution in [0.2, 0.25) is 0 Å². The van der Waals surface area contributed by atoms with Gasteiger partial charge in [0.15, 0.2) is 0 Å². The third-order valence-electron chi connectivity index (χ3n) is 3.18. The second-order valence-electron chi connectivity index (χ2n) is 4.75. The van der Waals surface area contributed by atoms with E-state index in [1.807, 2.05) is 31.2 Å². The van der Waals surface area contributed by atoms with E-state index in [1.54, 1.807) is 24.3 Å². The molecule has 0 aliphatic carbocycles. The van der Waals surface area contributed by atoms with Crippen molar-refractivity contribution in [3.05, 3.63) is 59.7 Å². The number of ether oxygens (including phenoxy) is 1. The number of aryl methyl sites for hydroxylation is 1. The van der Waals surface area contributed by atoms with Gasteiger partial charge in [0.05, 0.1) is 19.2 Å². The van der Waals surface area contributed by atoms with Gasteiger partial charge in [-0.05, 0) is 30.7 Å². The molecule has 0 bridgehead atoms. The van der Waals surface area contributed by atoms with Crippen LogP contribution in [0.15, 0.2) is 48.5 Å². The fourth-order valence-corrected chi connectivity index (χ4v) is 2.00. The van der Waals surface area contributed by atoms with E-state index in [0.717, 1.165) is 11.3 Å². The standard InChI is InChI=1S/C17H18N2O3/c1-12-7-3-5-9-14(12)19-16(20)11-18-17(21)13-8-4-6-10-15(13)22-2/h3-10H,11H2,1-2H3,(H,18,21)(H,19,20). The first kappa shape index (κ1) is 15.6. The lowest BCUT2D eigenvalue weighted by molar-refractivity contribution is -0.115. The number of rotatable bonds is 5. The summed E-state index contributed by atoms with van der Waals surface area (Å²) < 4.78 is 5.12. The molecular weight excluding hydrogens is 280 g/mol. The zero-order valence-electron chi connectivity index (χ0n) is 12.6. The minimum absolute atomic E-state index is 0.106. The maximum atomic E-state index is 12.1. The minimum Gasteiger partial charge on any atom is -0.496 e. The number of carbonyl (C=O) groups excluding carboxylic acids is 2. The van der Waals surface area contributed by atoms with E-state index in [4.69, 9.17) is 4.74 Å². The number of anilines is 1. The van der Waals surface area contributed by atoms with Crippen LogP contribution in [0.1, 0.15) is 15.9 Å². The van der Waals surface area contributed by atoms with Gasteiger partial charge < -0.3 is 15.4 Å². The van der Waals surface area contributed by atoms with E-state index in [1.165, 1.54) is 7.11 Å². The molecule has 22 heavy (non-hydrogen) atoms. The first-order chi connectivity index (χ1) is 10.6. The highest BCUT2D eigenvalue weighted by molar-refractivity contribution is 6.01. The summed E-state index contributed by atoms with van der Waals surface area (Å²) in [6.45, 7) is 1.80. The lowest BCUT2D eigenvalue weighted by Gasteiger charge is -2.10. The Labute approximate surface area is 129 Å². The smallest absolute Gasteiger partial charge is 0.255 e. The summed E-state index contributed by atoms with van der Waals surface area (Å²) >= 11 is 0. The average molecular weight is 298 g/mol. The maximum absolute atomic E-state index is 12.1. The number of amides is 2. The second kappa shape index (κ2) is 7.26. The van der Waals surface area contributed by atoms with Gasteiger partial charge in [0, 0.05) is 5.69 Å². The summed E-state index contributed by atoms with van der Waals surface area (Å²) in [5, 5.41) is 5.34.